The number of hydrogen-bond donors (Lipinski definition) is 1. The molecule has 1 aliphatic heterocycles. The summed E-state index contributed by atoms with van der Waals surface area (Å²) in [5, 5.41) is 8.15. The maximum Gasteiger partial charge on any atom is 0.233 e. The number of fused-ring (bicyclic) bond motifs is 5. The van der Waals surface area contributed by atoms with E-state index in [-0.39, 0.29) is 11.3 Å². The zero-order chi connectivity index (χ0) is 18.8. The molecular formula is C20H25N5OS. The first-order valence-electron chi connectivity index (χ1n) is 9.58. The van der Waals surface area contributed by atoms with Crippen molar-refractivity contribution in [2.45, 2.75) is 51.2 Å². The summed E-state index contributed by atoms with van der Waals surface area (Å²) in [5.41, 5.74) is 2.54. The Morgan fingerprint density at radius 3 is 2.96 bits per heavy atom. The molecule has 0 radical (unpaired) electrons. The van der Waals surface area contributed by atoms with Crippen LogP contribution in [0.3, 0.4) is 0 Å². The average molecular weight is 384 g/mol. The van der Waals surface area contributed by atoms with Gasteiger partial charge >= 0.3 is 0 Å². The smallest absolute Gasteiger partial charge is 0.233 e. The van der Waals surface area contributed by atoms with E-state index >= 15 is 0 Å². The van der Waals surface area contributed by atoms with E-state index in [1.807, 2.05) is 28.7 Å². The van der Waals surface area contributed by atoms with Gasteiger partial charge in [-0.15, -0.1) is 5.10 Å². The largest absolute Gasteiger partial charge is 0.338 e. The molecule has 142 valence electrons. The second-order valence-corrected chi connectivity index (χ2v) is 10.2. The number of carbonyl (C=O) groups is 1. The zero-order valence-corrected chi connectivity index (χ0v) is 16.8. The molecule has 1 aliphatic carbocycles. The van der Waals surface area contributed by atoms with Crippen LogP contribution in [0.5, 0.6) is 0 Å². The minimum Gasteiger partial charge on any atom is -0.338 e. The second kappa shape index (κ2) is 5.74. The number of aromatic nitrogens is 4. The van der Waals surface area contributed by atoms with Gasteiger partial charge in [0.05, 0.1) is 16.8 Å². The lowest BCUT2D eigenvalue weighted by Crippen LogP contribution is -2.38. The number of imidazole rings is 1. The molecular weight excluding hydrogens is 358 g/mol. The third-order valence-corrected chi connectivity index (χ3v) is 6.99. The summed E-state index contributed by atoms with van der Waals surface area (Å²) in [6, 6.07) is 8.38. The Morgan fingerprint density at radius 2 is 2.11 bits per heavy atom. The van der Waals surface area contributed by atoms with Crippen molar-refractivity contribution in [1.82, 2.24) is 24.5 Å². The van der Waals surface area contributed by atoms with Crippen LogP contribution >= 0.6 is 11.8 Å². The molecule has 7 heteroatoms. The molecule has 1 saturated carbocycles. The Labute approximate surface area is 162 Å². The number of benzene rings is 1. The third-order valence-electron chi connectivity index (χ3n) is 6.06. The predicted octanol–water partition coefficient (Wildman–Crippen LogP) is 3.73. The van der Waals surface area contributed by atoms with Gasteiger partial charge in [-0.3, -0.25) is 9.20 Å². The summed E-state index contributed by atoms with van der Waals surface area (Å²) in [7, 11) is 0. The number of carbonyl (C=O) groups excluding carboxylic acids is 1. The van der Waals surface area contributed by atoms with Crippen molar-refractivity contribution in [2.24, 2.45) is 10.8 Å². The molecule has 27 heavy (non-hydrogen) atoms. The lowest BCUT2D eigenvalue weighted by Gasteiger charge is -2.39. The van der Waals surface area contributed by atoms with Gasteiger partial charge in [0.1, 0.15) is 0 Å². The summed E-state index contributed by atoms with van der Waals surface area (Å²) < 4.78 is 2.00. The van der Waals surface area contributed by atoms with E-state index in [1.54, 1.807) is 0 Å². The van der Waals surface area contributed by atoms with E-state index in [1.165, 1.54) is 18.2 Å². The highest BCUT2D eigenvalue weighted by Gasteiger charge is 2.50. The van der Waals surface area contributed by atoms with Crippen molar-refractivity contribution in [2.75, 3.05) is 12.3 Å². The number of aromatic amines is 1. The molecule has 2 aromatic heterocycles. The molecule has 2 atom stereocenters. The number of likely N-dealkylation sites (tertiary alicyclic amines) is 1. The number of amides is 1. The van der Waals surface area contributed by atoms with Crippen molar-refractivity contribution in [3.63, 3.8) is 0 Å². The normalized spacial score (nSPS) is 26.9. The van der Waals surface area contributed by atoms with E-state index in [4.69, 9.17) is 0 Å². The van der Waals surface area contributed by atoms with Gasteiger partial charge < -0.3 is 4.90 Å². The molecule has 2 unspecified atom stereocenters. The Kier molecular flexibility index (Phi) is 3.63. The summed E-state index contributed by atoms with van der Waals surface area (Å²) >= 11 is 1.49. The SMILES string of the molecule is CC1(C)CC2CC(C)(CN2C(=O)CSc2n[nH]c3nc4ccccc4n23)C1. The van der Waals surface area contributed by atoms with Gasteiger partial charge in [-0.1, -0.05) is 44.7 Å². The Balaban J connectivity index is 1.35. The summed E-state index contributed by atoms with van der Waals surface area (Å²) in [6.07, 6.45) is 3.46. The van der Waals surface area contributed by atoms with Crippen LogP contribution in [0.15, 0.2) is 29.4 Å². The average Bonchev–Trinajstić information content (AvgIpc) is 3.21. The summed E-state index contributed by atoms with van der Waals surface area (Å²) in [5.74, 6) is 1.36. The van der Waals surface area contributed by atoms with Crippen LogP contribution in [0.2, 0.25) is 0 Å². The number of hydrogen-bond acceptors (Lipinski definition) is 4. The number of H-pyrrole nitrogens is 1. The van der Waals surface area contributed by atoms with Crippen LogP contribution in [0.25, 0.3) is 16.8 Å². The Hall–Kier alpha value is -2.02. The van der Waals surface area contributed by atoms with Gasteiger partial charge in [-0.2, -0.15) is 0 Å². The lowest BCUT2D eigenvalue weighted by molar-refractivity contribution is -0.129. The number of nitrogens with one attached hydrogen (secondary N) is 1. The van der Waals surface area contributed by atoms with Gasteiger partial charge in [-0.05, 0) is 42.2 Å². The monoisotopic (exact) mass is 383 g/mol. The number of para-hydroxylation sites is 2. The fourth-order valence-electron chi connectivity index (χ4n) is 5.50. The van der Waals surface area contributed by atoms with Crippen molar-refractivity contribution >= 4 is 34.5 Å². The molecule has 2 bridgehead atoms. The van der Waals surface area contributed by atoms with E-state index in [2.05, 4.69) is 40.9 Å². The zero-order valence-electron chi connectivity index (χ0n) is 16.0. The van der Waals surface area contributed by atoms with Crippen LogP contribution in [0.4, 0.5) is 0 Å². The highest BCUT2D eigenvalue weighted by Crippen LogP contribution is 2.52. The summed E-state index contributed by atoms with van der Waals surface area (Å²) in [4.78, 5) is 19.7. The quantitative estimate of drug-likeness (QED) is 0.700. The molecule has 1 aromatic carbocycles. The molecule has 2 aliphatic rings. The van der Waals surface area contributed by atoms with E-state index < -0.39 is 0 Å². The van der Waals surface area contributed by atoms with E-state index in [0.717, 1.165) is 41.4 Å². The first-order chi connectivity index (χ1) is 12.8. The molecule has 5 rings (SSSR count). The minimum absolute atomic E-state index is 0.229. The predicted molar refractivity (Wildman–Crippen MR) is 107 cm³/mol. The molecule has 3 heterocycles. The standard InChI is InChI=1S/C20H25N5OS/c1-19(2)8-13-9-20(3,11-19)12-24(13)16(26)10-27-18-23-22-17-21-14-6-4-5-7-15(14)25(17)18/h4-7,13H,8-12H2,1-3H3,(H,21,22). The highest BCUT2D eigenvalue weighted by molar-refractivity contribution is 7.99. The Bertz CT molecular complexity index is 1040. The topological polar surface area (TPSA) is 66.3 Å². The molecule has 1 saturated heterocycles. The van der Waals surface area contributed by atoms with E-state index in [0.29, 0.717) is 17.2 Å². The van der Waals surface area contributed by atoms with Crippen LogP contribution in [-0.2, 0) is 4.79 Å². The Morgan fingerprint density at radius 1 is 1.30 bits per heavy atom. The summed E-state index contributed by atoms with van der Waals surface area (Å²) in [6.45, 7) is 7.91. The van der Waals surface area contributed by atoms with Crippen LogP contribution in [-0.4, -0.2) is 48.7 Å². The molecule has 3 aromatic rings. The molecule has 0 spiro atoms. The van der Waals surface area contributed by atoms with Crippen molar-refractivity contribution < 1.29 is 4.79 Å². The van der Waals surface area contributed by atoms with Gasteiger partial charge in [0.2, 0.25) is 11.7 Å². The van der Waals surface area contributed by atoms with Gasteiger partial charge in [0.15, 0.2) is 5.16 Å². The van der Waals surface area contributed by atoms with Crippen LogP contribution in [0.1, 0.15) is 40.0 Å². The lowest BCUT2D eigenvalue weighted by atomic mass is 9.65. The van der Waals surface area contributed by atoms with E-state index in [9.17, 15) is 4.79 Å². The number of thioether (sulfide) groups is 1. The van der Waals surface area contributed by atoms with Crippen molar-refractivity contribution in [1.29, 1.82) is 0 Å². The van der Waals surface area contributed by atoms with Gasteiger partial charge in [-0.25, -0.2) is 10.1 Å². The molecule has 6 nitrogen and oxygen atoms in total. The second-order valence-electron chi connectivity index (χ2n) is 9.29. The van der Waals surface area contributed by atoms with Gasteiger partial charge in [0.25, 0.3) is 0 Å². The van der Waals surface area contributed by atoms with Crippen LogP contribution in [0, 0.1) is 10.8 Å². The third kappa shape index (κ3) is 2.83. The number of rotatable bonds is 3. The molecule has 1 N–H and O–H groups in total. The van der Waals surface area contributed by atoms with Gasteiger partial charge in [0, 0.05) is 12.6 Å². The number of nitrogens with zero attached hydrogens (tertiary/aromatic N) is 4. The maximum absolute atomic E-state index is 13.0. The maximum atomic E-state index is 13.0. The minimum atomic E-state index is 0.229. The van der Waals surface area contributed by atoms with Crippen LogP contribution < -0.4 is 0 Å². The fraction of sp³-hybridized carbons (Fsp3) is 0.550. The highest BCUT2D eigenvalue weighted by atomic mass is 32.2. The first-order valence-corrected chi connectivity index (χ1v) is 10.6. The molecule has 1 amide bonds. The first kappa shape index (κ1) is 17.1. The molecule has 2 fully saturated rings. The van der Waals surface area contributed by atoms with Crippen molar-refractivity contribution in [3.8, 4) is 0 Å². The van der Waals surface area contributed by atoms with Crippen molar-refractivity contribution in [3.05, 3.63) is 24.3 Å². The fourth-order valence-corrected chi connectivity index (χ4v) is 6.34.